The Hall–Kier alpha value is -2.13. The molecule has 0 radical (unpaired) electrons. The number of hydrogen-bond acceptors (Lipinski definition) is 8. The number of phenolic OH excluding ortho intramolecular Hbond substituents is 1. The number of phenols is 1. The Morgan fingerprint density at radius 1 is 1.26 bits per heavy atom. The molecular weight excluding hydrogens is 308 g/mol. The maximum Gasteiger partial charge on any atom is 0.333 e. The van der Waals surface area contributed by atoms with Gasteiger partial charge in [0, 0.05) is 6.08 Å². The largest absolute Gasteiger partial charge is 0.504 e. The van der Waals surface area contributed by atoms with Crippen molar-refractivity contribution in [1.29, 1.82) is 0 Å². The van der Waals surface area contributed by atoms with Crippen molar-refractivity contribution in [3.63, 3.8) is 0 Å². The normalized spacial score (nSPS) is 32.4. The van der Waals surface area contributed by atoms with E-state index in [1.807, 2.05) is 0 Å². The molecule has 1 aromatic rings. The van der Waals surface area contributed by atoms with Crippen molar-refractivity contribution in [2.75, 3.05) is 7.11 Å². The van der Waals surface area contributed by atoms with E-state index in [1.165, 1.54) is 25.3 Å². The molecule has 2 aliphatic rings. The Bertz CT molecular complexity index is 628. The van der Waals surface area contributed by atoms with Crippen LogP contribution in [-0.2, 0) is 19.0 Å². The highest BCUT2D eigenvalue weighted by atomic mass is 16.8. The van der Waals surface area contributed by atoms with Crippen LogP contribution in [0.25, 0.3) is 6.08 Å². The maximum absolute atomic E-state index is 11.8. The highest BCUT2D eigenvalue weighted by Crippen LogP contribution is 2.36. The van der Waals surface area contributed by atoms with Gasteiger partial charge < -0.3 is 34.3 Å². The van der Waals surface area contributed by atoms with E-state index in [0.29, 0.717) is 5.56 Å². The summed E-state index contributed by atoms with van der Waals surface area (Å²) in [5.41, 5.74) is 0.604. The minimum absolute atomic E-state index is 0.0149. The third-order valence-electron chi connectivity index (χ3n) is 3.56. The van der Waals surface area contributed by atoms with Crippen molar-refractivity contribution in [3.05, 3.63) is 29.8 Å². The van der Waals surface area contributed by atoms with Gasteiger partial charge in [-0.1, -0.05) is 6.07 Å². The average molecular weight is 324 g/mol. The van der Waals surface area contributed by atoms with Gasteiger partial charge in [-0.25, -0.2) is 4.79 Å². The van der Waals surface area contributed by atoms with Gasteiger partial charge in [-0.05, 0) is 23.8 Å². The lowest BCUT2D eigenvalue weighted by Gasteiger charge is -2.28. The molecule has 0 bridgehead atoms. The summed E-state index contributed by atoms with van der Waals surface area (Å²) >= 11 is 0. The van der Waals surface area contributed by atoms with Gasteiger partial charge in [0.05, 0.1) is 7.11 Å². The molecular formula is C15H16O8. The third kappa shape index (κ3) is 3.30. The highest BCUT2D eigenvalue weighted by Gasteiger charge is 2.57. The Balaban J connectivity index is 1.60. The first-order valence-electron chi connectivity index (χ1n) is 6.92. The molecule has 2 heterocycles. The summed E-state index contributed by atoms with van der Waals surface area (Å²) in [5.74, 6) is -0.502. The zero-order valence-electron chi connectivity index (χ0n) is 12.2. The summed E-state index contributed by atoms with van der Waals surface area (Å²) in [6.45, 7) is 0. The fraction of sp³-hybridized carbons (Fsp3) is 0.400. The number of hydrogen-bond donors (Lipinski definition) is 3. The molecule has 2 aliphatic heterocycles. The molecule has 2 saturated heterocycles. The van der Waals surface area contributed by atoms with Gasteiger partial charge in [-0.2, -0.15) is 0 Å². The molecule has 3 rings (SSSR count). The van der Waals surface area contributed by atoms with Crippen molar-refractivity contribution >= 4 is 12.0 Å². The van der Waals surface area contributed by atoms with Crippen LogP contribution in [-0.4, -0.2) is 59.3 Å². The molecule has 0 aliphatic carbocycles. The van der Waals surface area contributed by atoms with Crippen LogP contribution >= 0.6 is 0 Å². The molecule has 5 unspecified atom stereocenters. The second kappa shape index (κ2) is 6.17. The van der Waals surface area contributed by atoms with Gasteiger partial charge in [0.2, 0.25) is 6.29 Å². The van der Waals surface area contributed by atoms with Crippen LogP contribution < -0.4 is 4.74 Å². The highest BCUT2D eigenvalue weighted by molar-refractivity contribution is 5.87. The van der Waals surface area contributed by atoms with Crippen LogP contribution in [0.15, 0.2) is 24.3 Å². The Morgan fingerprint density at radius 3 is 2.78 bits per heavy atom. The van der Waals surface area contributed by atoms with Crippen molar-refractivity contribution in [3.8, 4) is 11.5 Å². The summed E-state index contributed by atoms with van der Waals surface area (Å²) < 4.78 is 20.0. The first-order valence-corrected chi connectivity index (χ1v) is 6.92. The fourth-order valence-corrected chi connectivity index (χ4v) is 2.24. The van der Waals surface area contributed by atoms with Crippen LogP contribution in [0.3, 0.4) is 0 Å². The molecule has 0 spiro atoms. The lowest BCUT2D eigenvalue weighted by atomic mass is 10.1. The van der Waals surface area contributed by atoms with E-state index in [4.69, 9.17) is 18.9 Å². The third-order valence-corrected chi connectivity index (χ3v) is 3.56. The Labute approximate surface area is 131 Å². The maximum atomic E-state index is 11.8. The minimum Gasteiger partial charge on any atom is -0.504 e. The first-order chi connectivity index (χ1) is 11.0. The van der Waals surface area contributed by atoms with Crippen molar-refractivity contribution < 1.29 is 39.1 Å². The molecule has 0 aromatic heterocycles. The predicted octanol–water partition coefficient (Wildman–Crippen LogP) is -0.240. The topological polar surface area (TPSA) is 118 Å². The van der Waals surface area contributed by atoms with Gasteiger partial charge in [0.1, 0.15) is 18.3 Å². The van der Waals surface area contributed by atoms with Crippen molar-refractivity contribution in [2.24, 2.45) is 0 Å². The number of benzene rings is 1. The number of rotatable bonds is 4. The average Bonchev–Trinajstić information content (AvgIpc) is 3.31. The lowest BCUT2D eigenvalue weighted by Crippen LogP contribution is -2.49. The monoisotopic (exact) mass is 324 g/mol. The van der Waals surface area contributed by atoms with Gasteiger partial charge in [0.25, 0.3) is 0 Å². The van der Waals surface area contributed by atoms with E-state index in [1.54, 1.807) is 6.07 Å². The van der Waals surface area contributed by atoms with Crippen LogP contribution in [0.2, 0.25) is 0 Å². The summed E-state index contributed by atoms with van der Waals surface area (Å²) in [6.07, 6.45) is -2.46. The number of aromatic hydroxyl groups is 1. The molecule has 8 heteroatoms. The van der Waals surface area contributed by atoms with E-state index in [9.17, 15) is 20.1 Å². The number of fused-ring (bicyclic) bond motifs is 1. The molecule has 0 saturated carbocycles. The molecule has 23 heavy (non-hydrogen) atoms. The number of ether oxygens (including phenoxy) is 4. The van der Waals surface area contributed by atoms with Crippen molar-refractivity contribution in [2.45, 2.75) is 30.9 Å². The van der Waals surface area contributed by atoms with Crippen LogP contribution in [0.4, 0.5) is 0 Å². The smallest absolute Gasteiger partial charge is 0.333 e. The summed E-state index contributed by atoms with van der Waals surface area (Å²) in [4.78, 5) is 11.8. The molecule has 5 atom stereocenters. The van der Waals surface area contributed by atoms with Crippen LogP contribution in [0.1, 0.15) is 5.56 Å². The SMILES string of the molecule is COc1cc(/C=C/C(=O)OC2OC3OC3C(O)C2O)ccc1O. The molecule has 124 valence electrons. The standard InChI is InChI=1S/C15H16O8/c1-20-9-6-7(2-4-8(9)16)3-5-10(17)21-14-12(19)11(18)13-15(22-13)23-14/h2-6,11-16,18-19H,1H3/b5-3+. The molecule has 3 N–H and O–H groups in total. The molecule has 1 aromatic carbocycles. The van der Waals surface area contributed by atoms with Gasteiger partial charge >= 0.3 is 5.97 Å². The van der Waals surface area contributed by atoms with E-state index < -0.39 is 36.9 Å². The Kier molecular flexibility index (Phi) is 4.22. The van der Waals surface area contributed by atoms with Gasteiger partial charge in [-0.15, -0.1) is 0 Å². The number of aliphatic hydroxyl groups excluding tert-OH is 2. The molecule has 8 nitrogen and oxygen atoms in total. The van der Waals surface area contributed by atoms with E-state index >= 15 is 0 Å². The van der Waals surface area contributed by atoms with Gasteiger partial charge in [0.15, 0.2) is 17.8 Å². The number of epoxide rings is 1. The first kappa shape index (κ1) is 15.8. The van der Waals surface area contributed by atoms with Gasteiger partial charge in [-0.3, -0.25) is 0 Å². The lowest BCUT2D eigenvalue weighted by molar-refractivity contribution is -0.235. The quantitative estimate of drug-likeness (QED) is 0.394. The number of aliphatic hydroxyl groups is 2. The molecule has 0 amide bonds. The van der Waals surface area contributed by atoms with E-state index in [2.05, 4.69) is 0 Å². The molecule has 2 fully saturated rings. The van der Waals surface area contributed by atoms with E-state index in [-0.39, 0.29) is 11.5 Å². The number of carbonyl (C=O) groups excluding carboxylic acids is 1. The predicted molar refractivity (Wildman–Crippen MR) is 75.3 cm³/mol. The minimum atomic E-state index is -1.37. The number of methoxy groups -OCH3 is 1. The number of carbonyl (C=O) groups is 1. The van der Waals surface area contributed by atoms with Crippen LogP contribution in [0.5, 0.6) is 11.5 Å². The summed E-state index contributed by atoms with van der Waals surface area (Å²) in [5, 5.41) is 28.9. The summed E-state index contributed by atoms with van der Waals surface area (Å²) in [6, 6.07) is 4.55. The van der Waals surface area contributed by atoms with Crippen molar-refractivity contribution in [1.82, 2.24) is 0 Å². The second-order valence-electron chi connectivity index (χ2n) is 5.16. The second-order valence-corrected chi connectivity index (χ2v) is 5.16. The van der Waals surface area contributed by atoms with E-state index in [0.717, 1.165) is 6.08 Å². The fourth-order valence-electron chi connectivity index (χ4n) is 2.24. The summed E-state index contributed by atoms with van der Waals surface area (Å²) in [7, 11) is 1.41. The Morgan fingerprint density at radius 2 is 2.04 bits per heavy atom. The zero-order valence-corrected chi connectivity index (χ0v) is 12.2. The van der Waals surface area contributed by atoms with Crippen LogP contribution in [0, 0.1) is 0 Å². The zero-order chi connectivity index (χ0) is 16.6. The number of esters is 1.